The van der Waals surface area contributed by atoms with Crippen molar-refractivity contribution in [3.05, 3.63) is 29.8 Å². The molecule has 0 bridgehead atoms. The highest BCUT2D eigenvalue weighted by Gasteiger charge is 2.20. The normalized spacial score (nSPS) is 11.9. The molecule has 0 amide bonds. The van der Waals surface area contributed by atoms with Crippen LogP contribution in [0, 0.1) is 0 Å². The topological polar surface area (TPSA) is 35.2 Å². The van der Waals surface area contributed by atoms with Gasteiger partial charge in [0.15, 0.2) is 0 Å². The van der Waals surface area contributed by atoms with Crippen LogP contribution < -0.4 is 10.5 Å². The molecule has 0 aliphatic heterocycles. The molecule has 0 spiro atoms. The molecular weight excluding hydrogens is 188 g/mol. The Morgan fingerprint density at radius 2 is 1.86 bits per heavy atom. The monoisotopic (exact) mass is 201 g/mol. The first-order valence-electron chi connectivity index (χ1n) is 4.24. The number of rotatable bonds is 3. The molecule has 1 aromatic rings. The summed E-state index contributed by atoms with van der Waals surface area (Å²) in [7, 11) is 0. The first-order valence-corrected chi connectivity index (χ1v) is 4.24. The molecule has 0 heterocycles. The van der Waals surface area contributed by atoms with Crippen LogP contribution in [-0.2, 0) is 5.54 Å². The number of alkyl halides is 2. The third kappa shape index (κ3) is 2.67. The van der Waals surface area contributed by atoms with Crippen LogP contribution in [0.15, 0.2) is 24.3 Å². The minimum Gasteiger partial charge on any atom is -0.434 e. The van der Waals surface area contributed by atoms with Crippen LogP contribution in [-0.4, -0.2) is 6.61 Å². The summed E-state index contributed by atoms with van der Waals surface area (Å²) in [6.45, 7) is 0.653. The van der Waals surface area contributed by atoms with Crippen LogP contribution in [0.2, 0.25) is 0 Å². The van der Waals surface area contributed by atoms with E-state index in [4.69, 9.17) is 5.73 Å². The minimum atomic E-state index is -2.82. The molecule has 1 rings (SSSR count). The van der Waals surface area contributed by atoms with Crippen molar-refractivity contribution >= 4 is 0 Å². The molecule has 0 fully saturated rings. The first kappa shape index (κ1) is 10.9. The molecule has 0 unspecified atom stereocenters. The number of hydrogen-bond acceptors (Lipinski definition) is 2. The maximum Gasteiger partial charge on any atom is 0.387 e. The smallest absolute Gasteiger partial charge is 0.387 e. The lowest BCUT2D eigenvalue weighted by Gasteiger charge is -2.22. The third-order valence-corrected chi connectivity index (χ3v) is 1.80. The lowest BCUT2D eigenvalue weighted by atomic mass is 9.95. The van der Waals surface area contributed by atoms with Gasteiger partial charge in [-0.25, -0.2) is 0 Å². The zero-order valence-corrected chi connectivity index (χ0v) is 8.13. The number of nitrogens with two attached hydrogens (primary N) is 1. The van der Waals surface area contributed by atoms with Crippen LogP contribution in [0.3, 0.4) is 0 Å². The molecule has 0 aliphatic rings. The van der Waals surface area contributed by atoms with E-state index in [9.17, 15) is 8.78 Å². The largest absolute Gasteiger partial charge is 0.434 e. The quantitative estimate of drug-likeness (QED) is 0.815. The summed E-state index contributed by atoms with van der Waals surface area (Å²) in [5.74, 6) is 0.134. The molecule has 0 saturated heterocycles. The third-order valence-electron chi connectivity index (χ3n) is 1.80. The SMILES string of the molecule is CC(C)(N)c1ccccc1OC(F)F. The Kier molecular flexibility index (Phi) is 3.06. The predicted molar refractivity (Wildman–Crippen MR) is 50.3 cm³/mol. The standard InChI is InChI=1S/C10H13F2NO/c1-10(2,13)7-5-3-4-6-8(7)14-9(11)12/h3-6,9H,13H2,1-2H3. The Morgan fingerprint density at radius 3 is 2.36 bits per heavy atom. The van der Waals surface area contributed by atoms with Crippen molar-refractivity contribution in [3.63, 3.8) is 0 Å². The molecule has 0 atom stereocenters. The molecule has 0 aromatic heterocycles. The molecule has 0 radical (unpaired) electrons. The number of hydrogen-bond donors (Lipinski definition) is 1. The van der Waals surface area contributed by atoms with Gasteiger partial charge in [-0.1, -0.05) is 18.2 Å². The van der Waals surface area contributed by atoms with E-state index >= 15 is 0 Å². The van der Waals surface area contributed by atoms with Crippen LogP contribution in [0.25, 0.3) is 0 Å². The molecule has 4 heteroatoms. The number of ether oxygens (including phenoxy) is 1. The Labute approximate surface area is 81.7 Å². The van der Waals surface area contributed by atoms with Crippen molar-refractivity contribution in [2.75, 3.05) is 0 Å². The van der Waals surface area contributed by atoms with Gasteiger partial charge < -0.3 is 10.5 Å². The summed E-state index contributed by atoms with van der Waals surface area (Å²) in [6, 6.07) is 6.53. The van der Waals surface area contributed by atoms with E-state index in [2.05, 4.69) is 4.74 Å². The summed E-state index contributed by atoms with van der Waals surface area (Å²) in [4.78, 5) is 0. The highest BCUT2D eigenvalue weighted by molar-refractivity contribution is 5.37. The molecule has 2 nitrogen and oxygen atoms in total. The van der Waals surface area contributed by atoms with Gasteiger partial charge in [-0.15, -0.1) is 0 Å². The molecule has 78 valence electrons. The molecule has 0 aliphatic carbocycles. The number of benzene rings is 1. The molecule has 14 heavy (non-hydrogen) atoms. The summed E-state index contributed by atoms with van der Waals surface area (Å²) >= 11 is 0. The Bertz CT molecular complexity index is 307. The van der Waals surface area contributed by atoms with E-state index in [1.165, 1.54) is 6.07 Å². The summed E-state index contributed by atoms with van der Waals surface area (Å²) in [5, 5.41) is 0. The highest BCUT2D eigenvalue weighted by Crippen LogP contribution is 2.28. The lowest BCUT2D eigenvalue weighted by Crippen LogP contribution is -2.29. The summed E-state index contributed by atoms with van der Waals surface area (Å²) in [6.07, 6.45) is 0. The van der Waals surface area contributed by atoms with E-state index < -0.39 is 12.2 Å². The highest BCUT2D eigenvalue weighted by atomic mass is 19.3. The lowest BCUT2D eigenvalue weighted by molar-refractivity contribution is -0.0509. The average molecular weight is 201 g/mol. The first-order chi connectivity index (χ1) is 6.41. The number of halogens is 2. The van der Waals surface area contributed by atoms with Gasteiger partial charge >= 0.3 is 6.61 Å². The Hall–Kier alpha value is -1.16. The van der Waals surface area contributed by atoms with E-state index in [1.54, 1.807) is 32.0 Å². The van der Waals surface area contributed by atoms with Gasteiger partial charge in [-0.05, 0) is 19.9 Å². The van der Waals surface area contributed by atoms with Crippen molar-refractivity contribution in [1.82, 2.24) is 0 Å². The van der Waals surface area contributed by atoms with Gasteiger partial charge in [0.05, 0.1) is 0 Å². The van der Waals surface area contributed by atoms with E-state index in [0.29, 0.717) is 5.56 Å². The fourth-order valence-corrected chi connectivity index (χ4v) is 1.20. The second-order valence-corrected chi connectivity index (χ2v) is 3.60. The molecule has 0 saturated carbocycles. The van der Waals surface area contributed by atoms with Crippen molar-refractivity contribution in [3.8, 4) is 5.75 Å². The van der Waals surface area contributed by atoms with Crippen molar-refractivity contribution in [2.24, 2.45) is 5.73 Å². The fourth-order valence-electron chi connectivity index (χ4n) is 1.20. The van der Waals surface area contributed by atoms with Gasteiger partial charge in [0, 0.05) is 11.1 Å². The van der Waals surface area contributed by atoms with E-state index in [0.717, 1.165) is 0 Å². The molecule has 2 N–H and O–H groups in total. The van der Waals surface area contributed by atoms with E-state index in [1.807, 2.05) is 0 Å². The molecule has 1 aromatic carbocycles. The van der Waals surface area contributed by atoms with Crippen molar-refractivity contribution < 1.29 is 13.5 Å². The van der Waals surface area contributed by atoms with Crippen LogP contribution in [0.5, 0.6) is 5.75 Å². The van der Waals surface area contributed by atoms with Crippen molar-refractivity contribution in [1.29, 1.82) is 0 Å². The second-order valence-electron chi connectivity index (χ2n) is 3.60. The maximum absolute atomic E-state index is 12.0. The summed E-state index contributed by atoms with van der Waals surface area (Å²) < 4.78 is 28.4. The van der Waals surface area contributed by atoms with Crippen LogP contribution in [0.4, 0.5) is 8.78 Å². The van der Waals surface area contributed by atoms with Crippen LogP contribution >= 0.6 is 0 Å². The Balaban J connectivity index is 3.04. The minimum absolute atomic E-state index is 0.134. The maximum atomic E-state index is 12.0. The van der Waals surface area contributed by atoms with Gasteiger partial charge in [0.2, 0.25) is 0 Å². The second kappa shape index (κ2) is 3.92. The Morgan fingerprint density at radius 1 is 1.29 bits per heavy atom. The zero-order chi connectivity index (χ0) is 10.8. The fraction of sp³-hybridized carbons (Fsp3) is 0.400. The summed E-state index contributed by atoms with van der Waals surface area (Å²) in [5.41, 5.74) is 5.69. The van der Waals surface area contributed by atoms with Gasteiger partial charge in [0.25, 0.3) is 0 Å². The number of para-hydroxylation sites is 1. The zero-order valence-electron chi connectivity index (χ0n) is 8.13. The predicted octanol–water partition coefficient (Wildman–Crippen LogP) is 2.48. The van der Waals surface area contributed by atoms with Gasteiger partial charge in [0.1, 0.15) is 5.75 Å². The van der Waals surface area contributed by atoms with Gasteiger partial charge in [-0.2, -0.15) is 8.78 Å². The molecular formula is C10H13F2NO. The van der Waals surface area contributed by atoms with Crippen molar-refractivity contribution in [2.45, 2.75) is 26.0 Å². The average Bonchev–Trinajstić information content (AvgIpc) is 2.01. The van der Waals surface area contributed by atoms with Gasteiger partial charge in [-0.3, -0.25) is 0 Å². The van der Waals surface area contributed by atoms with E-state index in [-0.39, 0.29) is 5.75 Å². The van der Waals surface area contributed by atoms with Crippen LogP contribution in [0.1, 0.15) is 19.4 Å².